The molecule has 0 amide bonds. The summed E-state index contributed by atoms with van der Waals surface area (Å²) in [4.78, 5) is 4.29. The molecule has 0 bridgehead atoms. The largest absolute Gasteiger partial charge is 0.475 e. The zero-order valence-corrected chi connectivity index (χ0v) is 12.1. The Balaban J connectivity index is 1.82. The number of aromatic nitrogens is 1. The average molecular weight is 264 g/mol. The van der Waals surface area contributed by atoms with Crippen molar-refractivity contribution in [2.24, 2.45) is 5.41 Å². The molecule has 2 rings (SSSR count). The molecule has 0 aromatic carbocycles. The minimum atomic E-state index is 0.467. The minimum absolute atomic E-state index is 0.467. The van der Waals surface area contributed by atoms with Crippen LogP contribution in [-0.2, 0) is 4.74 Å². The summed E-state index contributed by atoms with van der Waals surface area (Å²) in [5.41, 5.74) is 1.54. The predicted octanol–water partition coefficient (Wildman–Crippen LogP) is 3.10. The summed E-state index contributed by atoms with van der Waals surface area (Å²) in [6.07, 6.45) is 5.59. The van der Waals surface area contributed by atoms with E-state index in [2.05, 4.69) is 24.1 Å². The third-order valence-corrected chi connectivity index (χ3v) is 3.61. The molecule has 1 heterocycles. The van der Waals surface area contributed by atoms with Crippen LogP contribution in [0.15, 0.2) is 18.3 Å². The van der Waals surface area contributed by atoms with Crippen LogP contribution >= 0.6 is 0 Å². The Labute approximate surface area is 115 Å². The first-order valence-corrected chi connectivity index (χ1v) is 6.93. The lowest BCUT2D eigenvalue weighted by atomic mass is 9.92. The maximum Gasteiger partial charge on any atom is 0.213 e. The molecule has 0 radical (unpaired) electrons. The lowest BCUT2D eigenvalue weighted by Gasteiger charge is -2.18. The van der Waals surface area contributed by atoms with Crippen LogP contribution in [0.25, 0.3) is 0 Å². The van der Waals surface area contributed by atoms with E-state index >= 15 is 0 Å². The number of hydrogen-bond acceptors (Lipinski definition) is 4. The first kappa shape index (κ1) is 14.1. The van der Waals surface area contributed by atoms with Crippen LogP contribution in [0.2, 0.25) is 0 Å². The van der Waals surface area contributed by atoms with E-state index in [9.17, 15) is 0 Å². The summed E-state index contributed by atoms with van der Waals surface area (Å²) in [6.45, 7) is 5.78. The highest BCUT2D eigenvalue weighted by atomic mass is 16.5. The Morgan fingerprint density at radius 3 is 2.79 bits per heavy atom. The number of nitrogens with one attached hydrogen (secondary N) is 1. The van der Waals surface area contributed by atoms with Crippen molar-refractivity contribution in [1.82, 2.24) is 4.98 Å². The molecule has 1 unspecified atom stereocenters. The standard InChI is InChI=1S/C15H24N2O2/c1-15(2)7-6-12(10-15)17-13-4-5-14(16-11-13)19-9-8-18-3/h4-5,11-12,17H,6-10H2,1-3H3. The quantitative estimate of drug-likeness (QED) is 0.802. The van der Waals surface area contributed by atoms with Gasteiger partial charge in [-0.3, -0.25) is 0 Å². The van der Waals surface area contributed by atoms with E-state index in [-0.39, 0.29) is 0 Å². The maximum absolute atomic E-state index is 5.44. The molecule has 0 aliphatic heterocycles. The summed E-state index contributed by atoms with van der Waals surface area (Å²) >= 11 is 0. The third-order valence-electron chi connectivity index (χ3n) is 3.61. The summed E-state index contributed by atoms with van der Waals surface area (Å²) < 4.78 is 10.4. The maximum atomic E-state index is 5.44. The fraction of sp³-hybridized carbons (Fsp3) is 0.667. The van der Waals surface area contributed by atoms with E-state index in [1.807, 2.05) is 18.3 Å². The van der Waals surface area contributed by atoms with Gasteiger partial charge in [-0.1, -0.05) is 13.8 Å². The van der Waals surface area contributed by atoms with Crippen molar-refractivity contribution < 1.29 is 9.47 Å². The number of anilines is 1. The number of pyridine rings is 1. The molecular weight excluding hydrogens is 240 g/mol. The number of rotatable bonds is 6. The Kier molecular flexibility index (Phi) is 4.64. The molecule has 4 heteroatoms. The third kappa shape index (κ3) is 4.39. The van der Waals surface area contributed by atoms with Crippen molar-refractivity contribution >= 4 is 5.69 Å². The van der Waals surface area contributed by atoms with E-state index in [0.29, 0.717) is 30.6 Å². The lowest BCUT2D eigenvalue weighted by Crippen LogP contribution is -2.17. The Morgan fingerprint density at radius 2 is 2.21 bits per heavy atom. The molecule has 1 aliphatic rings. The van der Waals surface area contributed by atoms with Crippen LogP contribution in [0.1, 0.15) is 33.1 Å². The Bertz CT molecular complexity index is 390. The second-order valence-electron chi connectivity index (χ2n) is 5.97. The predicted molar refractivity (Wildman–Crippen MR) is 76.7 cm³/mol. The molecular formula is C15H24N2O2. The highest BCUT2D eigenvalue weighted by molar-refractivity contribution is 5.43. The van der Waals surface area contributed by atoms with Crippen molar-refractivity contribution in [3.8, 4) is 5.88 Å². The van der Waals surface area contributed by atoms with Crippen molar-refractivity contribution in [3.05, 3.63) is 18.3 Å². The number of methoxy groups -OCH3 is 1. The van der Waals surface area contributed by atoms with Crippen LogP contribution in [0, 0.1) is 5.41 Å². The van der Waals surface area contributed by atoms with Gasteiger partial charge in [0.15, 0.2) is 0 Å². The van der Waals surface area contributed by atoms with E-state index in [0.717, 1.165) is 5.69 Å². The molecule has 0 spiro atoms. The van der Waals surface area contributed by atoms with Gasteiger partial charge in [-0.15, -0.1) is 0 Å². The molecule has 19 heavy (non-hydrogen) atoms. The van der Waals surface area contributed by atoms with Gasteiger partial charge >= 0.3 is 0 Å². The van der Waals surface area contributed by atoms with Gasteiger partial charge in [-0.2, -0.15) is 0 Å². The van der Waals surface area contributed by atoms with E-state index in [1.54, 1.807) is 7.11 Å². The SMILES string of the molecule is COCCOc1ccc(NC2CCC(C)(C)C2)cn1. The molecule has 1 fully saturated rings. The van der Waals surface area contributed by atoms with Crippen molar-refractivity contribution in [1.29, 1.82) is 0 Å². The lowest BCUT2D eigenvalue weighted by molar-refractivity contribution is 0.144. The molecule has 1 saturated carbocycles. The van der Waals surface area contributed by atoms with E-state index in [1.165, 1.54) is 19.3 Å². The fourth-order valence-corrected chi connectivity index (χ4v) is 2.58. The first-order chi connectivity index (χ1) is 9.09. The fourth-order valence-electron chi connectivity index (χ4n) is 2.58. The number of nitrogens with zero attached hydrogens (tertiary/aromatic N) is 1. The smallest absolute Gasteiger partial charge is 0.213 e. The zero-order valence-electron chi connectivity index (χ0n) is 12.1. The summed E-state index contributed by atoms with van der Waals surface area (Å²) in [6, 6.07) is 4.50. The number of hydrogen-bond donors (Lipinski definition) is 1. The van der Waals surface area contributed by atoms with Crippen molar-refractivity contribution in [2.45, 2.75) is 39.2 Å². The highest BCUT2D eigenvalue weighted by Gasteiger charge is 2.30. The van der Waals surface area contributed by atoms with Crippen LogP contribution in [0.3, 0.4) is 0 Å². The summed E-state index contributed by atoms with van der Waals surface area (Å²) in [5.74, 6) is 0.648. The van der Waals surface area contributed by atoms with Crippen LogP contribution in [0.4, 0.5) is 5.69 Å². The van der Waals surface area contributed by atoms with Crippen LogP contribution in [0.5, 0.6) is 5.88 Å². The molecule has 1 aliphatic carbocycles. The van der Waals surface area contributed by atoms with Gasteiger partial charge in [-0.05, 0) is 30.7 Å². The second kappa shape index (κ2) is 6.24. The van der Waals surface area contributed by atoms with Gasteiger partial charge in [0.2, 0.25) is 5.88 Å². The molecule has 4 nitrogen and oxygen atoms in total. The van der Waals surface area contributed by atoms with Gasteiger partial charge in [0.05, 0.1) is 18.5 Å². The van der Waals surface area contributed by atoms with Crippen molar-refractivity contribution in [3.63, 3.8) is 0 Å². The normalized spacial score (nSPS) is 21.3. The van der Waals surface area contributed by atoms with Gasteiger partial charge in [0.1, 0.15) is 6.61 Å². The van der Waals surface area contributed by atoms with Gasteiger partial charge in [-0.25, -0.2) is 4.98 Å². The van der Waals surface area contributed by atoms with Gasteiger partial charge in [0, 0.05) is 19.2 Å². The minimum Gasteiger partial charge on any atom is -0.475 e. The molecule has 1 atom stereocenters. The van der Waals surface area contributed by atoms with Crippen LogP contribution in [-0.4, -0.2) is 31.3 Å². The Morgan fingerprint density at radius 1 is 1.37 bits per heavy atom. The molecule has 1 aromatic heterocycles. The van der Waals surface area contributed by atoms with Crippen LogP contribution < -0.4 is 10.1 Å². The monoisotopic (exact) mass is 264 g/mol. The highest BCUT2D eigenvalue weighted by Crippen LogP contribution is 2.38. The summed E-state index contributed by atoms with van der Waals surface area (Å²) in [7, 11) is 1.66. The topological polar surface area (TPSA) is 43.4 Å². The second-order valence-corrected chi connectivity index (χ2v) is 5.97. The summed E-state index contributed by atoms with van der Waals surface area (Å²) in [5, 5.41) is 3.55. The molecule has 1 aromatic rings. The van der Waals surface area contributed by atoms with E-state index in [4.69, 9.17) is 9.47 Å². The number of ether oxygens (including phenoxy) is 2. The zero-order chi connectivity index (χ0) is 13.7. The first-order valence-electron chi connectivity index (χ1n) is 6.93. The van der Waals surface area contributed by atoms with Gasteiger partial charge in [0.25, 0.3) is 0 Å². The average Bonchev–Trinajstić information content (AvgIpc) is 2.71. The van der Waals surface area contributed by atoms with Crippen molar-refractivity contribution in [2.75, 3.05) is 25.6 Å². The molecule has 106 valence electrons. The van der Waals surface area contributed by atoms with E-state index < -0.39 is 0 Å². The van der Waals surface area contributed by atoms with Gasteiger partial charge < -0.3 is 14.8 Å². The molecule has 1 N–H and O–H groups in total. The Hall–Kier alpha value is -1.29. The molecule has 0 saturated heterocycles.